The third-order valence-corrected chi connectivity index (χ3v) is 3.28. The fourth-order valence-electron chi connectivity index (χ4n) is 1.56. The van der Waals surface area contributed by atoms with Gasteiger partial charge >= 0.3 is 6.18 Å². The summed E-state index contributed by atoms with van der Waals surface area (Å²) in [6.45, 7) is -0.0582. The van der Waals surface area contributed by atoms with Gasteiger partial charge in [0, 0.05) is 15.9 Å². The van der Waals surface area contributed by atoms with E-state index in [4.69, 9.17) is 5.53 Å². The second kappa shape index (κ2) is 6.94. The number of nitrogens with zero attached hydrogens (tertiary/aromatic N) is 3. The van der Waals surface area contributed by atoms with E-state index in [9.17, 15) is 23.4 Å². The number of aliphatic hydroxyl groups is 2. The van der Waals surface area contributed by atoms with Gasteiger partial charge in [0.05, 0.1) is 11.7 Å². The molecule has 1 rings (SSSR count). The highest BCUT2D eigenvalue weighted by molar-refractivity contribution is 9.10. The van der Waals surface area contributed by atoms with Crippen LogP contribution in [0.1, 0.15) is 23.7 Å². The van der Waals surface area contributed by atoms with Gasteiger partial charge in [-0.3, -0.25) is 0 Å². The summed E-state index contributed by atoms with van der Waals surface area (Å²) in [7, 11) is 0. The quantitative estimate of drug-likeness (QED) is 0.481. The van der Waals surface area contributed by atoms with E-state index >= 15 is 0 Å². The average Bonchev–Trinajstić information content (AvgIpc) is 2.37. The topological polar surface area (TPSA) is 89.2 Å². The molecule has 1 aromatic rings. The SMILES string of the molecule is [N-]=[N+]=NCCC(O)C(O)c1ccc(Br)c(C(F)(F)F)c1. The Bertz CT molecular complexity index is 518. The van der Waals surface area contributed by atoms with Crippen molar-refractivity contribution in [1.82, 2.24) is 0 Å². The minimum Gasteiger partial charge on any atom is -0.390 e. The molecule has 2 unspecified atom stereocenters. The molecule has 5 nitrogen and oxygen atoms in total. The van der Waals surface area contributed by atoms with E-state index in [0.29, 0.717) is 0 Å². The zero-order valence-corrected chi connectivity index (χ0v) is 11.6. The molecule has 0 fully saturated rings. The van der Waals surface area contributed by atoms with Crippen molar-refractivity contribution in [3.8, 4) is 0 Å². The lowest BCUT2D eigenvalue weighted by Crippen LogP contribution is -2.20. The average molecular weight is 354 g/mol. The minimum atomic E-state index is -4.56. The molecule has 0 radical (unpaired) electrons. The number of rotatable bonds is 5. The molecule has 2 N–H and O–H groups in total. The maximum Gasteiger partial charge on any atom is 0.417 e. The molecule has 1 aromatic carbocycles. The third kappa shape index (κ3) is 4.38. The van der Waals surface area contributed by atoms with Crippen molar-refractivity contribution < 1.29 is 23.4 Å². The number of azide groups is 1. The zero-order chi connectivity index (χ0) is 15.3. The first-order valence-electron chi connectivity index (χ1n) is 5.51. The summed E-state index contributed by atoms with van der Waals surface area (Å²) in [4.78, 5) is 2.48. The van der Waals surface area contributed by atoms with Crippen molar-refractivity contribution in [2.24, 2.45) is 5.11 Å². The molecule has 0 saturated heterocycles. The molecule has 110 valence electrons. The number of halogens is 4. The molecule has 0 bridgehead atoms. The van der Waals surface area contributed by atoms with Crippen LogP contribution in [0, 0.1) is 0 Å². The normalized spacial score (nSPS) is 14.5. The van der Waals surface area contributed by atoms with Gasteiger partial charge in [-0.2, -0.15) is 13.2 Å². The fourth-order valence-corrected chi connectivity index (χ4v) is 2.03. The van der Waals surface area contributed by atoms with Crippen LogP contribution in [-0.4, -0.2) is 22.9 Å². The second-order valence-electron chi connectivity index (χ2n) is 3.99. The van der Waals surface area contributed by atoms with E-state index < -0.39 is 23.9 Å². The Morgan fingerprint density at radius 1 is 1.35 bits per heavy atom. The molecule has 0 saturated carbocycles. The summed E-state index contributed by atoms with van der Waals surface area (Å²) < 4.78 is 38.0. The monoisotopic (exact) mass is 353 g/mol. The first-order chi connectivity index (χ1) is 9.27. The molecular weight excluding hydrogens is 343 g/mol. The summed E-state index contributed by atoms with van der Waals surface area (Å²) in [6, 6.07) is 3.20. The molecule has 0 heterocycles. The van der Waals surface area contributed by atoms with Gasteiger partial charge in [-0.15, -0.1) is 0 Å². The van der Waals surface area contributed by atoms with Crippen molar-refractivity contribution in [3.05, 3.63) is 44.2 Å². The molecule has 0 aliphatic carbocycles. The highest BCUT2D eigenvalue weighted by Gasteiger charge is 2.34. The van der Waals surface area contributed by atoms with Crippen molar-refractivity contribution in [2.75, 3.05) is 6.54 Å². The number of hydrogen-bond donors (Lipinski definition) is 2. The van der Waals surface area contributed by atoms with E-state index in [0.717, 1.165) is 12.1 Å². The smallest absolute Gasteiger partial charge is 0.390 e. The van der Waals surface area contributed by atoms with E-state index in [-0.39, 0.29) is 23.0 Å². The Hall–Kier alpha value is -1.28. The Kier molecular flexibility index (Phi) is 5.82. The summed E-state index contributed by atoms with van der Waals surface area (Å²) in [5, 5.41) is 22.6. The predicted octanol–water partition coefficient (Wildman–Crippen LogP) is 3.56. The number of hydrogen-bond acceptors (Lipinski definition) is 3. The standard InChI is InChI=1S/C11H11BrF3N3O2/c12-8-2-1-6(5-7(8)11(13,14)15)10(20)9(19)3-4-17-18-16/h1-2,5,9-10,19-20H,3-4H2. The summed E-state index contributed by atoms with van der Waals surface area (Å²) >= 11 is 2.78. The molecular formula is C11H11BrF3N3O2. The van der Waals surface area contributed by atoms with Gasteiger partial charge in [0.2, 0.25) is 0 Å². The van der Waals surface area contributed by atoms with E-state index in [1.54, 1.807) is 0 Å². The molecule has 0 aliphatic heterocycles. The van der Waals surface area contributed by atoms with Crippen LogP contribution in [-0.2, 0) is 6.18 Å². The molecule has 9 heteroatoms. The van der Waals surface area contributed by atoms with Gasteiger partial charge in [-0.05, 0) is 29.6 Å². The highest BCUT2D eigenvalue weighted by Crippen LogP contribution is 2.36. The molecule has 0 aromatic heterocycles. The lowest BCUT2D eigenvalue weighted by atomic mass is 10.00. The Labute approximate surface area is 120 Å². The maximum absolute atomic E-state index is 12.7. The van der Waals surface area contributed by atoms with E-state index in [1.807, 2.05) is 0 Å². The summed E-state index contributed by atoms with van der Waals surface area (Å²) in [6.07, 6.45) is -7.42. The first-order valence-corrected chi connectivity index (χ1v) is 6.30. The van der Waals surface area contributed by atoms with Crippen molar-refractivity contribution in [1.29, 1.82) is 0 Å². The maximum atomic E-state index is 12.7. The van der Waals surface area contributed by atoms with Crippen LogP contribution in [0.3, 0.4) is 0 Å². The predicted molar refractivity (Wildman–Crippen MR) is 68.7 cm³/mol. The van der Waals surface area contributed by atoms with Crippen LogP contribution in [0.5, 0.6) is 0 Å². The first kappa shape index (κ1) is 16.8. The van der Waals surface area contributed by atoms with E-state index in [1.165, 1.54) is 6.07 Å². The number of benzene rings is 1. The highest BCUT2D eigenvalue weighted by atomic mass is 79.9. The van der Waals surface area contributed by atoms with Crippen molar-refractivity contribution >= 4 is 15.9 Å². The van der Waals surface area contributed by atoms with Gasteiger partial charge in [0.15, 0.2) is 0 Å². The Balaban J connectivity index is 2.93. The third-order valence-electron chi connectivity index (χ3n) is 2.59. The molecule has 0 spiro atoms. The molecule has 20 heavy (non-hydrogen) atoms. The molecule has 0 amide bonds. The van der Waals surface area contributed by atoms with Gasteiger partial charge in [-0.25, -0.2) is 0 Å². The zero-order valence-electron chi connectivity index (χ0n) is 10.0. The lowest BCUT2D eigenvalue weighted by molar-refractivity contribution is -0.138. The van der Waals surface area contributed by atoms with Gasteiger partial charge < -0.3 is 10.2 Å². The van der Waals surface area contributed by atoms with Gasteiger partial charge in [0.25, 0.3) is 0 Å². The molecule has 0 aliphatic rings. The number of alkyl halides is 3. The number of aliphatic hydroxyl groups excluding tert-OH is 2. The van der Waals surface area contributed by atoms with Crippen LogP contribution in [0.25, 0.3) is 10.4 Å². The van der Waals surface area contributed by atoms with Crippen molar-refractivity contribution in [3.63, 3.8) is 0 Å². The van der Waals surface area contributed by atoms with Crippen LogP contribution in [0.4, 0.5) is 13.2 Å². The lowest BCUT2D eigenvalue weighted by Gasteiger charge is -2.19. The van der Waals surface area contributed by atoms with E-state index in [2.05, 4.69) is 26.0 Å². The van der Waals surface area contributed by atoms with Crippen LogP contribution in [0.15, 0.2) is 27.8 Å². The summed E-state index contributed by atoms with van der Waals surface area (Å²) in [5.41, 5.74) is 7.08. The van der Waals surface area contributed by atoms with Gasteiger partial charge in [0.1, 0.15) is 6.10 Å². The second-order valence-corrected chi connectivity index (χ2v) is 4.85. The largest absolute Gasteiger partial charge is 0.417 e. The summed E-state index contributed by atoms with van der Waals surface area (Å²) in [5.74, 6) is 0. The Morgan fingerprint density at radius 3 is 2.55 bits per heavy atom. The van der Waals surface area contributed by atoms with Gasteiger partial charge in [-0.1, -0.05) is 27.1 Å². The minimum absolute atomic E-state index is 0.0529. The Morgan fingerprint density at radius 2 is 2.00 bits per heavy atom. The van der Waals surface area contributed by atoms with Crippen LogP contribution in [0.2, 0.25) is 0 Å². The van der Waals surface area contributed by atoms with Crippen LogP contribution >= 0.6 is 15.9 Å². The van der Waals surface area contributed by atoms with Crippen LogP contribution < -0.4 is 0 Å². The van der Waals surface area contributed by atoms with Crippen molar-refractivity contribution in [2.45, 2.75) is 24.8 Å². The molecule has 2 atom stereocenters. The fraction of sp³-hybridized carbons (Fsp3) is 0.455.